The lowest BCUT2D eigenvalue weighted by Crippen LogP contribution is -2.61. The summed E-state index contributed by atoms with van der Waals surface area (Å²) < 4.78 is 0. The number of para-hydroxylation sites is 2. The molecule has 3 aliphatic heterocycles. The average Bonchev–Trinajstić information content (AvgIpc) is 3.93. The van der Waals surface area contributed by atoms with E-state index in [1.807, 2.05) is 0 Å². The molecule has 9 aromatic carbocycles. The first-order valence-corrected chi connectivity index (χ1v) is 29.5. The summed E-state index contributed by atoms with van der Waals surface area (Å²) in [6.45, 7) is 34.3. The Morgan fingerprint density at radius 1 is 0.400 bits per heavy atom. The molecular weight excluding hydrogens is 966 g/mol. The molecule has 4 bridgehead atoms. The number of benzene rings is 9. The second kappa shape index (κ2) is 17.0. The molecule has 3 heterocycles. The van der Waals surface area contributed by atoms with Crippen molar-refractivity contribution in [2.75, 3.05) is 14.7 Å². The van der Waals surface area contributed by atoms with Gasteiger partial charge in [0.05, 0.1) is 5.69 Å². The van der Waals surface area contributed by atoms with Crippen LogP contribution in [0.5, 0.6) is 0 Å². The molecule has 398 valence electrons. The predicted molar refractivity (Wildman–Crippen MR) is 343 cm³/mol. The number of hydrogen-bond acceptors (Lipinski definition) is 3. The molecule has 0 aromatic heterocycles. The number of nitrogens with zero attached hydrogens (tertiary/aromatic N) is 3. The molecule has 0 fully saturated rings. The maximum Gasteiger partial charge on any atom is 0.252 e. The summed E-state index contributed by atoms with van der Waals surface area (Å²) in [5, 5.41) is 0. The highest BCUT2D eigenvalue weighted by atomic mass is 15.2. The second-order valence-electron chi connectivity index (χ2n) is 28.6. The maximum absolute atomic E-state index is 2.75. The van der Waals surface area contributed by atoms with E-state index in [-0.39, 0.29) is 39.2 Å². The molecule has 0 radical (unpaired) electrons. The van der Waals surface area contributed by atoms with Crippen LogP contribution in [0.4, 0.5) is 51.2 Å². The Morgan fingerprint density at radius 2 is 0.975 bits per heavy atom. The van der Waals surface area contributed by atoms with E-state index >= 15 is 0 Å². The molecule has 0 saturated carbocycles. The van der Waals surface area contributed by atoms with E-state index in [9.17, 15) is 0 Å². The standard InChI is InChI=1S/C76H76BN3/c1-47-36-49(48-24-18-15-19-25-48)30-34-63(47)79-65-42-55(78(53-26-20-16-21-27-53)54-28-22-17-23-29-54)32-33-61(65)77-62-43-57-58-44-66(62)80(68-41-52(72(5,6)7)40-67(79)70(68)77)64-35-31-51(71(2,3)4)39-56(64)50-37-59-69(75(12,13)45-73(59,8)9)60(38-50)76(58,14)46-74(57,10)11/h15-44H,45-46H2,1-14H3. The summed E-state index contributed by atoms with van der Waals surface area (Å²) in [4.78, 5) is 7.83. The lowest BCUT2D eigenvalue weighted by atomic mass is 9.33. The number of rotatable bonds is 5. The molecule has 0 saturated heterocycles. The smallest absolute Gasteiger partial charge is 0.252 e. The number of fused-ring (bicyclic) bond motifs is 12. The van der Waals surface area contributed by atoms with Gasteiger partial charge in [0.15, 0.2) is 0 Å². The van der Waals surface area contributed by atoms with Gasteiger partial charge in [0.1, 0.15) is 0 Å². The summed E-state index contributed by atoms with van der Waals surface area (Å²) in [5.74, 6) is 0. The van der Waals surface area contributed by atoms with Crippen LogP contribution < -0.4 is 31.1 Å². The molecule has 80 heavy (non-hydrogen) atoms. The monoisotopic (exact) mass is 1040 g/mol. The summed E-state index contributed by atoms with van der Waals surface area (Å²) in [6, 6.07) is 70.6. The molecule has 0 amide bonds. The highest BCUT2D eigenvalue weighted by molar-refractivity contribution is 7.00. The van der Waals surface area contributed by atoms with Crippen molar-refractivity contribution in [2.24, 2.45) is 0 Å². The Hall–Kier alpha value is -7.56. The third-order valence-electron chi connectivity index (χ3n) is 19.4. The van der Waals surface area contributed by atoms with Crippen LogP contribution in [-0.4, -0.2) is 6.71 Å². The summed E-state index contributed by atoms with van der Waals surface area (Å²) >= 11 is 0. The lowest BCUT2D eigenvalue weighted by molar-refractivity contribution is 0.392. The van der Waals surface area contributed by atoms with Crippen molar-refractivity contribution in [3.63, 3.8) is 0 Å². The maximum atomic E-state index is 2.75. The van der Waals surface area contributed by atoms with Gasteiger partial charge in [0.2, 0.25) is 0 Å². The normalized spacial score (nSPS) is 18.3. The predicted octanol–water partition coefficient (Wildman–Crippen LogP) is 18.7. The van der Waals surface area contributed by atoms with Crippen LogP contribution >= 0.6 is 0 Å². The second-order valence-corrected chi connectivity index (χ2v) is 28.6. The van der Waals surface area contributed by atoms with Gasteiger partial charge >= 0.3 is 0 Å². The van der Waals surface area contributed by atoms with E-state index in [1.54, 1.807) is 5.56 Å². The molecule has 0 spiro atoms. The van der Waals surface area contributed by atoms with Crippen molar-refractivity contribution >= 4 is 74.3 Å². The van der Waals surface area contributed by atoms with Crippen molar-refractivity contribution in [1.29, 1.82) is 0 Å². The van der Waals surface area contributed by atoms with Gasteiger partial charge in [0, 0.05) is 56.5 Å². The Morgan fingerprint density at radius 3 is 1.60 bits per heavy atom. The Balaban J connectivity index is 1.13. The number of aryl methyl sites for hydroxylation is 1. The molecule has 9 aromatic rings. The van der Waals surface area contributed by atoms with Crippen LogP contribution in [0.1, 0.15) is 147 Å². The van der Waals surface area contributed by atoms with Crippen LogP contribution in [0.3, 0.4) is 0 Å². The highest BCUT2D eigenvalue weighted by Gasteiger charge is 2.54. The van der Waals surface area contributed by atoms with Gasteiger partial charge in [-0.1, -0.05) is 187 Å². The Labute approximate surface area is 477 Å². The van der Waals surface area contributed by atoms with Crippen LogP contribution in [0.25, 0.3) is 22.3 Å². The Bertz CT molecular complexity index is 4000. The summed E-state index contributed by atoms with van der Waals surface area (Å²) in [7, 11) is 0. The molecular formula is C76H76BN3. The van der Waals surface area contributed by atoms with E-state index in [2.05, 4.69) is 294 Å². The largest absolute Gasteiger partial charge is 0.311 e. The minimum atomic E-state index is -0.229. The topological polar surface area (TPSA) is 9.72 Å². The van der Waals surface area contributed by atoms with Crippen LogP contribution in [0.15, 0.2) is 182 Å². The third kappa shape index (κ3) is 7.46. The van der Waals surface area contributed by atoms with Crippen LogP contribution in [0.2, 0.25) is 0 Å². The zero-order chi connectivity index (χ0) is 55.8. The molecule has 2 aliphatic carbocycles. The number of hydrogen-bond donors (Lipinski definition) is 0. The van der Waals surface area contributed by atoms with E-state index in [4.69, 9.17) is 0 Å². The first-order chi connectivity index (χ1) is 37.9. The number of anilines is 9. The first kappa shape index (κ1) is 50.6. The fraction of sp³-hybridized carbons (Fsp3) is 0.289. The minimum absolute atomic E-state index is 0.0175. The van der Waals surface area contributed by atoms with E-state index < -0.39 is 0 Å². The molecule has 4 heteroatoms. The average molecular weight is 1040 g/mol. The van der Waals surface area contributed by atoms with Gasteiger partial charge in [-0.15, -0.1) is 0 Å². The van der Waals surface area contributed by atoms with Crippen molar-refractivity contribution < 1.29 is 0 Å². The molecule has 3 nitrogen and oxygen atoms in total. The molecule has 5 aliphatic rings. The van der Waals surface area contributed by atoms with Crippen molar-refractivity contribution in [3.05, 3.63) is 226 Å². The minimum Gasteiger partial charge on any atom is -0.311 e. The van der Waals surface area contributed by atoms with Gasteiger partial charge < -0.3 is 14.7 Å². The van der Waals surface area contributed by atoms with Crippen LogP contribution in [0, 0.1) is 6.92 Å². The zero-order valence-corrected chi connectivity index (χ0v) is 49.7. The quantitative estimate of drug-likeness (QED) is 0.159. The van der Waals surface area contributed by atoms with Gasteiger partial charge in [-0.25, -0.2) is 0 Å². The lowest BCUT2D eigenvalue weighted by Gasteiger charge is -2.47. The fourth-order valence-electron chi connectivity index (χ4n) is 16.0. The Kier molecular flexibility index (Phi) is 10.8. The fourth-order valence-corrected chi connectivity index (χ4v) is 16.0. The first-order valence-electron chi connectivity index (χ1n) is 29.5. The van der Waals surface area contributed by atoms with Crippen LogP contribution in [-0.2, 0) is 32.5 Å². The van der Waals surface area contributed by atoms with Gasteiger partial charge in [0.25, 0.3) is 6.71 Å². The van der Waals surface area contributed by atoms with Gasteiger partial charge in [-0.05, 0) is 209 Å². The molecule has 1 atom stereocenters. The van der Waals surface area contributed by atoms with Crippen molar-refractivity contribution in [3.8, 4) is 22.3 Å². The molecule has 1 unspecified atom stereocenters. The van der Waals surface area contributed by atoms with E-state index in [0.717, 1.165) is 29.9 Å². The molecule has 14 rings (SSSR count). The summed E-state index contributed by atoms with van der Waals surface area (Å²) in [6.07, 6.45) is 2.16. The molecule has 0 N–H and O–H groups in total. The third-order valence-corrected chi connectivity index (χ3v) is 19.4. The summed E-state index contributed by atoms with van der Waals surface area (Å²) in [5.41, 5.74) is 30.9. The van der Waals surface area contributed by atoms with E-state index in [1.165, 1.54) is 112 Å². The SMILES string of the molecule is Cc1cc(-c2ccccc2)ccc1N1c2cc(N(c3ccccc3)c3ccccc3)ccc2B2c3cc4c5cc3N(c3ccc(C(C)(C)C)cc3-c3cc6c(c(c3)C5(C)CC4(C)C)C(C)(C)CC6(C)C)c3cc(C(C)(C)C)cc1c32. The van der Waals surface area contributed by atoms with Crippen molar-refractivity contribution in [1.82, 2.24) is 0 Å². The highest BCUT2D eigenvalue weighted by Crippen LogP contribution is 2.62. The van der Waals surface area contributed by atoms with Gasteiger partial charge in [-0.3, -0.25) is 0 Å². The zero-order valence-electron chi connectivity index (χ0n) is 49.7. The van der Waals surface area contributed by atoms with E-state index in [0.29, 0.717) is 0 Å². The van der Waals surface area contributed by atoms with Crippen molar-refractivity contribution in [2.45, 2.75) is 142 Å². The van der Waals surface area contributed by atoms with Gasteiger partial charge in [-0.2, -0.15) is 0 Å².